The van der Waals surface area contributed by atoms with E-state index in [-0.39, 0.29) is 24.3 Å². The molecule has 0 bridgehead atoms. The van der Waals surface area contributed by atoms with Gasteiger partial charge >= 0.3 is 0 Å². The minimum atomic E-state index is -1.35. The van der Waals surface area contributed by atoms with Crippen molar-refractivity contribution in [1.29, 1.82) is 0 Å². The fraction of sp³-hybridized carbons (Fsp3) is 0.933. The number of hydrogen-bond donors (Lipinski definition) is 0. The van der Waals surface area contributed by atoms with Gasteiger partial charge in [-0.3, -0.25) is 4.79 Å². The standard InChI is InChI=1S/C15H28FNO3Si/c1-6-7-8-15(10(2)16)13(12-9-19-11(3)20-12)17(14(15)18)21(4)5/h10-13,21H,6-9H2,1-5H3/t10-,11?,12-,13?,15?/m1/s1. The van der Waals surface area contributed by atoms with E-state index >= 15 is 0 Å². The Hall–Kier alpha value is -0.463. The average Bonchev–Trinajstić information content (AvgIpc) is 2.81. The molecule has 0 N–H and O–H groups in total. The molecule has 4 nitrogen and oxygen atoms in total. The fourth-order valence-electron chi connectivity index (χ4n) is 3.79. The van der Waals surface area contributed by atoms with Crippen molar-refractivity contribution in [1.82, 2.24) is 4.57 Å². The SMILES string of the molecule is CCCCC1([C@@H](C)F)C(=O)N([SiH](C)C)C1[C@H]1COC(C)O1. The highest BCUT2D eigenvalue weighted by atomic mass is 28.3. The largest absolute Gasteiger partial charge is 0.366 e. The first-order valence-electron chi connectivity index (χ1n) is 8.10. The number of carbonyl (C=O) groups is 1. The highest BCUT2D eigenvalue weighted by Gasteiger charge is 2.66. The molecule has 2 saturated heterocycles. The lowest BCUT2D eigenvalue weighted by Crippen LogP contribution is -2.78. The summed E-state index contributed by atoms with van der Waals surface area (Å²) in [5, 5.41) is 0. The number of nitrogens with zero attached hydrogens (tertiary/aromatic N) is 1. The third kappa shape index (κ3) is 2.66. The van der Waals surface area contributed by atoms with Crippen molar-refractivity contribution in [3.63, 3.8) is 0 Å². The zero-order valence-corrected chi connectivity index (χ0v) is 14.9. The van der Waals surface area contributed by atoms with E-state index < -0.39 is 20.5 Å². The Labute approximate surface area is 128 Å². The Morgan fingerprint density at radius 1 is 1.52 bits per heavy atom. The van der Waals surface area contributed by atoms with Gasteiger partial charge in [0.1, 0.15) is 26.6 Å². The summed E-state index contributed by atoms with van der Waals surface area (Å²) in [5.74, 6) is 0.000713. The number of hydrogen-bond acceptors (Lipinski definition) is 3. The third-order valence-corrected chi connectivity index (χ3v) is 6.55. The summed E-state index contributed by atoms with van der Waals surface area (Å²) in [5.41, 5.74) is -0.897. The van der Waals surface area contributed by atoms with Gasteiger partial charge in [-0.15, -0.1) is 0 Å². The second-order valence-electron chi connectivity index (χ2n) is 6.59. The third-order valence-electron chi connectivity index (χ3n) is 4.88. The van der Waals surface area contributed by atoms with Crippen LogP contribution in [0.4, 0.5) is 4.39 Å². The van der Waals surface area contributed by atoms with Crippen LogP contribution >= 0.6 is 0 Å². The molecule has 2 aliphatic rings. The van der Waals surface area contributed by atoms with Gasteiger partial charge in [0, 0.05) is 0 Å². The van der Waals surface area contributed by atoms with Crippen molar-refractivity contribution in [2.24, 2.45) is 5.41 Å². The molecule has 0 saturated carbocycles. The Kier molecular flexibility index (Phi) is 5.10. The molecule has 1 amide bonds. The summed E-state index contributed by atoms with van der Waals surface area (Å²) in [6, 6.07) is -0.159. The number of carbonyl (C=O) groups excluding carboxylic acids is 1. The van der Waals surface area contributed by atoms with E-state index in [1.54, 1.807) is 0 Å². The Bertz CT molecular complexity index is 393. The first kappa shape index (κ1) is 16.9. The van der Waals surface area contributed by atoms with Crippen LogP contribution in [0.5, 0.6) is 0 Å². The molecule has 5 atom stereocenters. The number of β-lactam (4-membered cyclic amide) rings is 1. The molecule has 3 unspecified atom stereocenters. The Morgan fingerprint density at radius 2 is 2.19 bits per heavy atom. The van der Waals surface area contributed by atoms with Crippen molar-refractivity contribution < 1.29 is 18.7 Å². The normalized spacial score (nSPS) is 38.0. The highest BCUT2D eigenvalue weighted by molar-refractivity contribution is 6.57. The Balaban J connectivity index is 2.29. The molecule has 0 aromatic carbocycles. The molecule has 0 spiro atoms. The fourth-order valence-corrected chi connectivity index (χ4v) is 5.60. The molecular weight excluding hydrogens is 289 g/mol. The van der Waals surface area contributed by atoms with Crippen LogP contribution in [-0.2, 0) is 14.3 Å². The summed E-state index contributed by atoms with van der Waals surface area (Å²) in [6.07, 6.45) is 0.836. The van der Waals surface area contributed by atoms with E-state index in [4.69, 9.17) is 9.47 Å². The van der Waals surface area contributed by atoms with Gasteiger partial charge in [-0.1, -0.05) is 32.9 Å². The van der Waals surface area contributed by atoms with Crippen molar-refractivity contribution in [3.05, 3.63) is 0 Å². The predicted octanol–water partition coefficient (Wildman–Crippen LogP) is 2.48. The summed E-state index contributed by atoms with van der Waals surface area (Å²) in [7, 11) is -1.35. The quantitative estimate of drug-likeness (QED) is 0.558. The van der Waals surface area contributed by atoms with Crippen molar-refractivity contribution in [3.8, 4) is 0 Å². The lowest BCUT2D eigenvalue weighted by Gasteiger charge is -2.60. The van der Waals surface area contributed by atoms with Gasteiger partial charge in [-0.2, -0.15) is 0 Å². The van der Waals surface area contributed by atoms with E-state index in [1.807, 2.05) is 11.5 Å². The molecule has 0 aliphatic carbocycles. The minimum Gasteiger partial charge on any atom is -0.366 e. The lowest BCUT2D eigenvalue weighted by atomic mass is 9.64. The smallest absolute Gasteiger partial charge is 0.226 e. The molecule has 2 fully saturated rings. The maximum absolute atomic E-state index is 14.5. The summed E-state index contributed by atoms with van der Waals surface area (Å²) in [4.78, 5) is 12.7. The zero-order valence-electron chi connectivity index (χ0n) is 13.8. The van der Waals surface area contributed by atoms with Crippen LogP contribution in [0, 0.1) is 5.41 Å². The minimum absolute atomic E-state index is 0.000713. The van der Waals surface area contributed by atoms with Crippen LogP contribution in [-0.4, -0.2) is 50.6 Å². The maximum Gasteiger partial charge on any atom is 0.226 e. The Morgan fingerprint density at radius 3 is 2.62 bits per heavy atom. The zero-order chi connectivity index (χ0) is 15.8. The molecule has 2 heterocycles. The molecule has 0 radical (unpaired) electrons. The number of unbranched alkanes of at least 4 members (excludes halogenated alkanes) is 1. The van der Waals surface area contributed by atoms with E-state index in [0.717, 1.165) is 12.8 Å². The second-order valence-corrected chi connectivity index (χ2v) is 9.33. The predicted molar refractivity (Wildman–Crippen MR) is 82.3 cm³/mol. The van der Waals surface area contributed by atoms with E-state index in [1.165, 1.54) is 6.92 Å². The van der Waals surface area contributed by atoms with Crippen LogP contribution < -0.4 is 0 Å². The van der Waals surface area contributed by atoms with Crippen molar-refractivity contribution in [2.75, 3.05) is 6.61 Å². The van der Waals surface area contributed by atoms with Crippen LogP contribution in [0.2, 0.25) is 13.1 Å². The van der Waals surface area contributed by atoms with Gasteiger partial charge in [0.15, 0.2) is 6.29 Å². The topological polar surface area (TPSA) is 38.8 Å². The number of amides is 1. The van der Waals surface area contributed by atoms with Crippen molar-refractivity contribution in [2.45, 2.75) is 77.7 Å². The lowest BCUT2D eigenvalue weighted by molar-refractivity contribution is -0.184. The first-order valence-corrected chi connectivity index (χ1v) is 10.9. The molecular formula is C15H28FNO3Si. The van der Waals surface area contributed by atoms with E-state index in [0.29, 0.717) is 13.0 Å². The van der Waals surface area contributed by atoms with Gasteiger partial charge in [0.25, 0.3) is 0 Å². The summed E-state index contributed by atoms with van der Waals surface area (Å²) >= 11 is 0. The van der Waals surface area contributed by atoms with Gasteiger partial charge in [0.2, 0.25) is 5.91 Å². The second kappa shape index (κ2) is 6.34. The van der Waals surface area contributed by atoms with Crippen LogP contribution in [0.15, 0.2) is 0 Å². The average molecular weight is 317 g/mol. The number of halogens is 1. The maximum atomic E-state index is 14.5. The molecule has 122 valence electrons. The summed E-state index contributed by atoms with van der Waals surface area (Å²) < 4.78 is 27.7. The summed E-state index contributed by atoms with van der Waals surface area (Å²) in [6.45, 7) is 10.1. The van der Waals surface area contributed by atoms with E-state index in [9.17, 15) is 9.18 Å². The molecule has 21 heavy (non-hydrogen) atoms. The van der Waals surface area contributed by atoms with Gasteiger partial charge < -0.3 is 14.0 Å². The molecule has 6 heteroatoms. The number of rotatable bonds is 6. The molecule has 0 aromatic rings. The van der Waals surface area contributed by atoms with E-state index in [2.05, 4.69) is 20.0 Å². The van der Waals surface area contributed by atoms with Crippen molar-refractivity contribution >= 4 is 14.9 Å². The number of ether oxygens (including phenoxy) is 2. The monoisotopic (exact) mass is 317 g/mol. The van der Waals surface area contributed by atoms with Crippen LogP contribution in [0.1, 0.15) is 40.0 Å². The van der Waals surface area contributed by atoms with Crippen LogP contribution in [0.25, 0.3) is 0 Å². The van der Waals surface area contributed by atoms with Crippen LogP contribution in [0.3, 0.4) is 0 Å². The van der Waals surface area contributed by atoms with Gasteiger partial charge in [-0.25, -0.2) is 4.39 Å². The van der Waals surface area contributed by atoms with Gasteiger partial charge in [-0.05, 0) is 20.3 Å². The highest BCUT2D eigenvalue weighted by Crippen LogP contribution is 2.50. The number of alkyl halides is 1. The molecule has 0 aromatic heterocycles. The molecule has 2 aliphatic heterocycles. The molecule has 2 rings (SSSR count). The first-order chi connectivity index (χ1) is 9.86. The van der Waals surface area contributed by atoms with Gasteiger partial charge in [0.05, 0.1) is 12.6 Å².